The normalized spacial score (nSPS) is 12.9. The summed E-state index contributed by atoms with van der Waals surface area (Å²) in [5, 5.41) is 5.63. The van der Waals surface area contributed by atoms with Crippen molar-refractivity contribution >= 4 is 23.6 Å². The number of nitrogens with one attached hydrogen (secondary N) is 2. The Morgan fingerprint density at radius 1 is 1.00 bits per heavy atom. The number of anilines is 1. The van der Waals surface area contributed by atoms with Crippen LogP contribution in [-0.4, -0.2) is 41.0 Å². The fraction of sp³-hybridized carbons (Fsp3) is 0.464. The number of amides is 3. The maximum atomic E-state index is 13.7. The third kappa shape index (κ3) is 7.84. The van der Waals surface area contributed by atoms with Crippen molar-refractivity contribution in [2.75, 3.05) is 11.9 Å². The molecule has 35 heavy (non-hydrogen) atoms. The van der Waals surface area contributed by atoms with Crippen molar-refractivity contribution < 1.29 is 19.1 Å². The van der Waals surface area contributed by atoms with Gasteiger partial charge in [-0.25, -0.2) is 4.79 Å². The van der Waals surface area contributed by atoms with E-state index in [-0.39, 0.29) is 11.8 Å². The van der Waals surface area contributed by atoms with Crippen LogP contribution in [0.1, 0.15) is 69.3 Å². The van der Waals surface area contributed by atoms with Crippen molar-refractivity contribution in [2.45, 2.75) is 79.5 Å². The molecule has 2 rings (SSSR count). The molecule has 2 atom stereocenters. The number of para-hydroxylation sites is 1. The van der Waals surface area contributed by atoms with Crippen LogP contribution in [0.25, 0.3) is 0 Å². The molecule has 0 spiro atoms. The molecule has 0 saturated carbocycles. The quantitative estimate of drug-likeness (QED) is 0.525. The summed E-state index contributed by atoms with van der Waals surface area (Å²) in [5.74, 6) is -0.667. The standard InChI is InChI=1S/C28H39N3O4/c1-9-16-31(26(33)21(5)29-27(34)35-28(6,7)8)24(22-15-14-18(2)17-20(22)4)25(32)30-23-13-11-10-12-19(23)3/h10-15,17,21,24H,9,16H2,1-8H3,(H,29,34)(H,30,32). The first kappa shape index (κ1) is 27.9. The Bertz CT molecular complexity index is 1060. The summed E-state index contributed by atoms with van der Waals surface area (Å²) in [4.78, 5) is 41.2. The van der Waals surface area contributed by atoms with Gasteiger partial charge in [-0.1, -0.05) is 48.9 Å². The number of alkyl carbamates (subject to hydrolysis) is 1. The zero-order valence-electron chi connectivity index (χ0n) is 22.2. The predicted octanol–water partition coefficient (Wildman–Crippen LogP) is 5.44. The van der Waals surface area contributed by atoms with Gasteiger partial charge in [0.15, 0.2) is 0 Å². The van der Waals surface area contributed by atoms with Crippen LogP contribution in [0.3, 0.4) is 0 Å². The number of benzene rings is 2. The van der Waals surface area contributed by atoms with Crippen LogP contribution in [0.2, 0.25) is 0 Å². The van der Waals surface area contributed by atoms with E-state index in [4.69, 9.17) is 4.74 Å². The van der Waals surface area contributed by atoms with Gasteiger partial charge in [0, 0.05) is 12.2 Å². The molecule has 0 aliphatic rings. The van der Waals surface area contributed by atoms with Gasteiger partial charge in [0.05, 0.1) is 0 Å². The number of rotatable bonds is 8. The molecule has 2 aromatic carbocycles. The first-order valence-electron chi connectivity index (χ1n) is 12.1. The van der Waals surface area contributed by atoms with Crippen LogP contribution in [0.4, 0.5) is 10.5 Å². The molecule has 2 unspecified atom stereocenters. The van der Waals surface area contributed by atoms with Gasteiger partial charge in [0.1, 0.15) is 17.7 Å². The molecule has 2 aromatic rings. The van der Waals surface area contributed by atoms with Gasteiger partial charge in [-0.15, -0.1) is 0 Å². The Morgan fingerprint density at radius 2 is 1.66 bits per heavy atom. The minimum atomic E-state index is -0.879. The van der Waals surface area contributed by atoms with Crippen LogP contribution in [0.5, 0.6) is 0 Å². The zero-order valence-corrected chi connectivity index (χ0v) is 22.2. The van der Waals surface area contributed by atoms with Gasteiger partial charge < -0.3 is 20.3 Å². The Kier molecular flexibility index (Phi) is 9.46. The molecule has 7 nitrogen and oxygen atoms in total. The molecule has 0 bridgehead atoms. The summed E-state index contributed by atoms with van der Waals surface area (Å²) in [6.07, 6.45) is -0.0357. The van der Waals surface area contributed by atoms with Gasteiger partial charge in [-0.05, 0) is 77.6 Å². The van der Waals surface area contributed by atoms with Gasteiger partial charge in [-0.2, -0.15) is 0 Å². The largest absolute Gasteiger partial charge is 0.444 e. The molecule has 0 heterocycles. The minimum Gasteiger partial charge on any atom is -0.444 e. The lowest BCUT2D eigenvalue weighted by atomic mass is 9.96. The van der Waals surface area contributed by atoms with Crippen LogP contribution in [0.15, 0.2) is 42.5 Å². The Morgan fingerprint density at radius 3 is 2.23 bits per heavy atom. The van der Waals surface area contributed by atoms with Crippen LogP contribution < -0.4 is 10.6 Å². The first-order chi connectivity index (χ1) is 16.3. The van der Waals surface area contributed by atoms with E-state index in [2.05, 4.69) is 10.6 Å². The molecule has 7 heteroatoms. The summed E-state index contributed by atoms with van der Waals surface area (Å²) in [6.45, 7) is 15.0. The lowest BCUT2D eigenvalue weighted by Crippen LogP contribution is -2.51. The van der Waals surface area contributed by atoms with Crippen molar-refractivity contribution in [1.82, 2.24) is 10.2 Å². The third-order valence-electron chi connectivity index (χ3n) is 5.53. The van der Waals surface area contributed by atoms with E-state index >= 15 is 0 Å². The van der Waals surface area contributed by atoms with Crippen molar-refractivity contribution in [2.24, 2.45) is 0 Å². The van der Waals surface area contributed by atoms with E-state index in [9.17, 15) is 14.4 Å². The smallest absolute Gasteiger partial charge is 0.408 e. The Labute approximate surface area is 209 Å². The topological polar surface area (TPSA) is 87.7 Å². The monoisotopic (exact) mass is 481 g/mol. The fourth-order valence-corrected chi connectivity index (χ4v) is 3.90. The van der Waals surface area contributed by atoms with Gasteiger partial charge in [0.2, 0.25) is 5.91 Å². The predicted molar refractivity (Wildman–Crippen MR) is 139 cm³/mol. The second-order valence-corrected chi connectivity index (χ2v) is 9.97. The summed E-state index contributed by atoms with van der Waals surface area (Å²) in [7, 11) is 0. The number of carbonyl (C=O) groups is 3. The first-order valence-corrected chi connectivity index (χ1v) is 12.1. The minimum absolute atomic E-state index is 0.308. The van der Waals surface area contributed by atoms with Crippen molar-refractivity contribution in [3.05, 3.63) is 64.7 Å². The SMILES string of the molecule is CCCN(C(=O)C(C)NC(=O)OC(C)(C)C)C(C(=O)Nc1ccccc1C)c1ccc(C)cc1C. The number of hydrogen-bond donors (Lipinski definition) is 2. The van der Waals surface area contributed by atoms with Crippen LogP contribution in [-0.2, 0) is 14.3 Å². The molecule has 0 radical (unpaired) electrons. The zero-order chi connectivity index (χ0) is 26.3. The summed E-state index contributed by atoms with van der Waals surface area (Å²) >= 11 is 0. The highest BCUT2D eigenvalue weighted by Gasteiger charge is 2.35. The van der Waals surface area contributed by atoms with Gasteiger partial charge >= 0.3 is 6.09 Å². The maximum absolute atomic E-state index is 13.7. The van der Waals surface area contributed by atoms with Crippen molar-refractivity contribution in [3.63, 3.8) is 0 Å². The van der Waals surface area contributed by atoms with Crippen molar-refractivity contribution in [3.8, 4) is 0 Å². The molecule has 0 aliphatic carbocycles. The van der Waals surface area contributed by atoms with Crippen LogP contribution in [0, 0.1) is 20.8 Å². The summed E-state index contributed by atoms with van der Waals surface area (Å²) < 4.78 is 5.32. The highest BCUT2D eigenvalue weighted by molar-refractivity contribution is 5.99. The van der Waals surface area contributed by atoms with E-state index in [1.165, 1.54) is 0 Å². The van der Waals surface area contributed by atoms with Crippen LogP contribution >= 0.6 is 0 Å². The molecule has 0 aliphatic heterocycles. The third-order valence-corrected chi connectivity index (χ3v) is 5.53. The van der Waals surface area contributed by atoms with E-state index in [1.807, 2.05) is 70.2 Å². The average molecular weight is 482 g/mol. The summed E-state index contributed by atoms with van der Waals surface area (Å²) in [5.41, 5.74) is 3.65. The molecule has 2 N–H and O–H groups in total. The van der Waals surface area contributed by atoms with E-state index < -0.39 is 23.8 Å². The Balaban J connectivity index is 2.45. The molecule has 190 valence electrons. The lowest BCUT2D eigenvalue weighted by Gasteiger charge is -2.34. The number of aryl methyl sites for hydroxylation is 3. The molecular formula is C28H39N3O4. The summed E-state index contributed by atoms with van der Waals surface area (Å²) in [6, 6.07) is 11.6. The lowest BCUT2D eigenvalue weighted by molar-refractivity contribution is -0.140. The van der Waals surface area contributed by atoms with E-state index in [0.717, 1.165) is 22.3 Å². The van der Waals surface area contributed by atoms with Gasteiger partial charge in [-0.3, -0.25) is 9.59 Å². The molecule has 0 saturated heterocycles. The maximum Gasteiger partial charge on any atom is 0.408 e. The number of hydrogen-bond acceptors (Lipinski definition) is 4. The highest BCUT2D eigenvalue weighted by atomic mass is 16.6. The molecule has 3 amide bonds. The number of ether oxygens (including phenoxy) is 1. The number of carbonyl (C=O) groups excluding carboxylic acids is 3. The second kappa shape index (κ2) is 11.9. The number of nitrogens with zero attached hydrogens (tertiary/aromatic N) is 1. The fourth-order valence-electron chi connectivity index (χ4n) is 3.90. The molecule has 0 fully saturated rings. The average Bonchev–Trinajstić information content (AvgIpc) is 2.74. The molecule has 0 aromatic heterocycles. The van der Waals surface area contributed by atoms with Crippen molar-refractivity contribution in [1.29, 1.82) is 0 Å². The van der Waals surface area contributed by atoms with E-state index in [0.29, 0.717) is 18.7 Å². The van der Waals surface area contributed by atoms with E-state index in [1.54, 1.807) is 32.6 Å². The highest BCUT2D eigenvalue weighted by Crippen LogP contribution is 2.28. The second-order valence-electron chi connectivity index (χ2n) is 9.97. The molecular weight excluding hydrogens is 442 g/mol. The van der Waals surface area contributed by atoms with Gasteiger partial charge in [0.25, 0.3) is 5.91 Å². The Hall–Kier alpha value is -3.35.